The van der Waals surface area contributed by atoms with E-state index in [9.17, 15) is 9.59 Å². The predicted octanol–water partition coefficient (Wildman–Crippen LogP) is 2.29. The summed E-state index contributed by atoms with van der Waals surface area (Å²) in [6.45, 7) is 1.00. The van der Waals surface area contributed by atoms with E-state index >= 15 is 0 Å². The number of amides is 1. The molecule has 2 N–H and O–H groups in total. The largest absolute Gasteiger partial charge is 0.486 e. The third-order valence-corrected chi connectivity index (χ3v) is 3.60. The molecule has 0 spiro atoms. The highest BCUT2D eigenvalue weighted by Gasteiger charge is 2.14. The van der Waals surface area contributed by atoms with Gasteiger partial charge < -0.3 is 24.8 Å². The van der Waals surface area contributed by atoms with Gasteiger partial charge in [0.2, 0.25) is 5.91 Å². The quantitative estimate of drug-likeness (QED) is 0.811. The van der Waals surface area contributed by atoms with Crippen molar-refractivity contribution in [2.75, 3.05) is 37.5 Å². The number of nitrogens with one attached hydrogen (secondary N) is 2. The Morgan fingerprint density at radius 2 is 1.84 bits per heavy atom. The van der Waals surface area contributed by atoms with Crippen LogP contribution in [0.4, 0.5) is 11.4 Å². The van der Waals surface area contributed by atoms with Crippen molar-refractivity contribution in [1.29, 1.82) is 0 Å². The van der Waals surface area contributed by atoms with Gasteiger partial charge in [-0.25, -0.2) is 4.79 Å². The van der Waals surface area contributed by atoms with Crippen molar-refractivity contribution < 1.29 is 23.8 Å². The zero-order valence-corrected chi connectivity index (χ0v) is 13.7. The summed E-state index contributed by atoms with van der Waals surface area (Å²) in [5.74, 6) is 0.550. The monoisotopic (exact) mass is 342 g/mol. The van der Waals surface area contributed by atoms with Gasteiger partial charge in [-0.05, 0) is 24.3 Å². The maximum Gasteiger partial charge on any atom is 0.339 e. The van der Waals surface area contributed by atoms with Crippen LogP contribution in [0.5, 0.6) is 11.5 Å². The Labute approximate surface area is 144 Å². The second-order valence-electron chi connectivity index (χ2n) is 5.30. The summed E-state index contributed by atoms with van der Waals surface area (Å²) >= 11 is 0. The number of hydrogen-bond donors (Lipinski definition) is 2. The maximum absolute atomic E-state index is 12.1. The first-order valence-electron chi connectivity index (χ1n) is 7.78. The van der Waals surface area contributed by atoms with E-state index in [-0.39, 0.29) is 12.5 Å². The average molecular weight is 342 g/mol. The number of benzene rings is 2. The Morgan fingerprint density at radius 1 is 1.08 bits per heavy atom. The SMILES string of the molecule is COC(=O)c1ccccc1NCC(=O)Nc1ccc2c(c1)OCCO2. The third-order valence-electron chi connectivity index (χ3n) is 3.60. The number of hydrogen-bond acceptors (Lipinski definition) is 6. The van der Waals surface area contributed by atoms with Crippen LogP contribution in [0.25, 0.3) is 0 Å². The second-order valence-corrected chi connectivity index (χ2v) is 5.30. The van der Waals surface area contributed by atoms with Crippen molar-refractivity contribution >= 4 is 23.3 Å². The molecule has 7 nitrogen and oxygen atoms in total. The summed E-state index contributed by atoms with van der Waals surface area (Å²) in [7, 11) is 1.31. The summed E-state index contributed by atoms with van der Waals surface area (Å²) < 4.78 is 15.7. The van der Waals surface area contributed by atoms with Crippen molar-refractivity contribution in [3.63, 3.8) is 0 Å². The van der Waals surface area contributed by atoms with Gasteiger partial charge in [0.1, 0.15) is 13.2 Å². The molecule has 1 aliphatic heterocycles. The van der Waals surface area contributed by atoms with Gasteiger partial charge in [0.25, 0.3) is 0 Å². The smallest absolute Gasteiger partial charge is 0.339 e. The topological polar surface area (TPSA) is 85.9 Å². The van der Waals surface area contributed by atoms with Crippen LogP contribution in [-0.2, 0) is 9.53 Å². The Kier molecular flexibility index (Phi) is 5.03. The first-order chi connectivity index (χ1) is 12.2. The fourth-order valence-corrected chi connectivity index (χ4v) is 2.43. The number of methoxy groups -OCH3 is 1. The molecule has 0 saturated heterocycles. The lowest BCUT2D eigenvalue weighted by molar-refractivity contribution is -0.114. The molecule has 7 heteroatoms. The number of esters is 1. The van der Waals surface area contributed by atoms with Crippen molar-refractivity contribution in [3.05, 3.63) is 48.0 Å². The first kappa shape index (κ1) is 16.6. The van der Waals surface area contributed by atoms with Crippen LogP contribution >= 0.6 is 0 Å². The molecular weight excluding hydrogens is 324 g/mol. The lowest BCUT2D eigenvalue weighted by Crippen LogP contribution is -2.23. The number of fused-ring (bicyclic) bond motifs is 1. The van der Waals surface area contributed by atoms with E-state index in [1.165, 1.54) is 7.11 Å². The van der Waals surface area contributed by atoms with Crippen LogP contribution < -0.4 is 20.1 Å². The Morgan fingerprint density at radius 3 is 2.64 bits per heavy atom. The van der Waals surface area contributed by atoms with Gasteiger partial charge in [0, 0.05) is 17.4 Å². The predicted molar refractivity (Wildman–Crippen MR) is 92.3 cm³/mol. The van der Waals surface area contributed by atoms with Gasteiger partial charge in [0.15, 0.2) is 11.5 Å². The standard InChI is InChI=1S/C18H18N2O5/c1-23-18(22)13-4-2-3-5-14(13)19-11-17(21)20-12-6-7-15-16(10-12)25-9-8-24-15/h2-7,10,19H,8-9,11H2,1H3,(H,20,21). The van der Waals surface area contributed by atoms with E-state index in [4.69, 9.17) is 14.2 Å². The molecule has 0 atom stereocenters. The number of ether oxygens (including phenoxy) is 3. The van der Waals surface area contributed by atoms with E-state index in [0.717, 1.165) is 0 Å². The van der Waals surface area contributed by atoms with Crippen LogP contribution in [0.2, 0.25) is 0 Å². The molecule has 0 saturated carbocycles. The minimum absolute atomic E-state index is 0.00243. The molecule has 0 aromatic heterocycles. The van der Waals surface area contributed by atoms with Crippen LogP contribution in [0.1, 0.15) is 10.4 Å². The lowest BCUT2D eigenvalue weighted by Gasteiger charge is -2.19. The van der Waals surface area contributed by atoms with Gasteiger partial charge in [0.05, 0.1) is 19.2 Å². The average Bonchev–Trinajstić information content (AvgIpc) is 2.66. The molecule has 0 aliphatic carbocycles. The zero-order valence-electron chi connectivity index (χ0n) is 13.7. The summed E-state index contributed by atoms with van der Waals surface area (Å²) in [6, 6.07) is 12.1. The molecule has 0 radical (unpaired) electrons. The van der Waals surface area contributed by atoms with Gasteiger partial charge in [-0.1, -0.05) is 12.1 Å². The molecule has 2 aromatic carbocycles. The normalized spacial score (nSPS) is 12.2. The van der Waals surface area contributed by atoms with Crippen molar-refractivity contribution in [1.82, 2.24) is 0 Å². The fraction of sp³-hybridized carbons (Fsp3) is 0.222. The summed E-state index contributed by atoms with van der Waals surface area (Å²) in [5, 5.41) is 5.71. The molecule has 25 heavy (non-hydrogen) atoms. The molecule has 0 bridgehead atoms. The van der Waals surface area contributed by atoms with E-state index < -0.39 is 5.97 Å². The fourth-order valence-electron chi connectivity index (χ4n) is 2.43. The number of carbonyl (C=O) groups excluding carboxylic acids is 2. The van der Waals surface area contributed by atoms with E-state index in [1.54, 1.807) is 42.5 Å². The number of anilines is 2. The second kappa shape index (κ2) is 7.57. The molecule has 3 rings (SSSR count). The molecule has 1 aliphatic rings. The van der Waals surface area contributed by atoms with E-state index in [2.05, 4.69) is 10.6 Å². The molecular formula is C18H18N2O5. The molecule has 0 fully saturated rings. The Hall–Kier alpha value is -3.22. The summed E-state index contributed by atoms with van der Waals surface area (Å²) in [6.07, 6.45) is 0. The zero-order chi connectivity index (χ0) is 17.6. The number of carbonyl (C=O) groups is 2. The van der Waals surface area contributed by atoms with Crippen LogP contribution in [0.15, 0.2) is 42.5 Å². The van der Waals surface area contributed by atoms with Crippen molar-refractivity contribution in [3.8, 4) is 11.5 Å². The lowest BCUT2D eigenvalue weighted by atomic mass is 10.2. The number of rotatable bonds is 5. The summed E-state index contributed by atoms with van der Waals surface area (Å²) in [5.41, 5.74) is 1.51. The van der Waals surface area contributed by atoms with Crippen molar-refractivity contribution in [2.45, 2.75) is 0 Å². The molecule has 1 amide bonds. The summed E-state index contributed by atoms with van der Waals surface area (Å²) in [4.78, 5) is 23.9. The Balaban J connectivity index is 1.61. The van der Waals surface area contributed by atoms with E-state index in [1.807, 2.05) is 0 Å². The van der Waals surface area contributed by atoms with Crippen LogP contribution in [0, 0.1) is 0 Å². The third kappa shape index (κ3) is 4.00. The highest BCUT2D eigenvalue weighted by atomic mass is 16.6. The minimum Gasteiger partial charge on any atom is -0.486 e. The van der Waals surface area contributed by atoms with Gasteiger partial charge >= 0.3 is 5.97 Å². The van der Waals surface area contributed by atoms with Gasteiger partial charge in [-0.3, -0.25) is 4.79 Å². The molecule has 1 heterocycles. The minimum atomic E-state index is -0.463. The van der Waals surface area contributed by atoms with Gasteiger partial charge in [-0.15, -0.1) is 0 Å². The molecule has 0 unspecified atom stereocenters. The Bertz CT molecular complexity index is 791. The van der Waals surface area contributed by atoms with Crippen LogP contribution in [0.3, 0.4) is 0 Å². The highest BCUT2D eigenvalue weighted by Crippen LogP contribution is 2.32. The number of para-hydroxylation sites is 1. The van der Waals surface area contributed by atoms with Crippen LogP contribution in [-0.4, -0.2) is 38.7 Å². The highest BCUT2D eigenvalue weighted by molar-refractivity contribution is 5.98. The van der Waals surface area contributed by atoms with E-state index in [0.29, 0.717) is 41.7 Å². The first-order valence-corrected chi connectivity index (χ1v) is 7.78. The molecule has 2 aromatic rings. The van der Waals surface area contributed by atoms with Crippen molar-refractivity contribution in [2.24, 2.45) is 0 Å². The molecule has 130 valence electrons. The maximum atomic E-state index is 12.1. The van der Waals surface area contributed by atoms with Gasteiger partial charge in [-0.2, -0.15) is 0 Å².